The molecular weight excluding hydrogens is 479 g/mol. The predicted molar refractivity (Wildman–Crippen MR) is 140 cm³/mol. The molecule has 1 aliphatic heterocycles. The number of hydrogen-bond donors (Lipinski definition) is 0. The molecule has 1 rings (SSSR count). The maximum Gasteiger partial charge on any atom is 0.673 e. The van der Waals surface area contributed by atoms with Gasteiger partial charge in [-0.05, 0) is 33.6 Å². The summed E-state index contributed by atoms with van der Waals surface area (Å²) in [7, 11) is -8.50. The molecule has 1 aliphatic rings. The van der Waals surface area contributed by atoms with E-state index in [0.717, 1.165) is 25.7 Å². The quantitative estimate of drug-likeness (QED) is 0.0865. The molecule has 0 N–H and O–H groups in total. The van der Waals surface area contributed by atoms with Crippen LogP contribution in [-0.4, -0.2) is 65.4 Å². The Hall–Kier alpha value is -0.778. The molecule has 0 atom stereocenters. The molecule has 0 aromatic carbocycles. The van der Waals surface area contributed by atoms with Crippen LogP contribution in [0.25, 0.3) is 0 Å². The molecule has 5 nitrogen and oxygen atoms in total. The van der Waals surface area contributed by atoms with E-state index >= 15 is 0 Å². The Morgan fingerprint density at radius 2 is 1.00 bits per heavy atom. The lowest BCUT2D eigenvalue weighted by Gasteiger charge is -2.29. The smallest absolute Gasteiger partial charge is 0.418 e. The van der Waals surface area contributed by atoms with E-state index in [-0.39, 0.29) is 0 Å². The van der Waals surface area contributed by atoms with Gasteiger partial charge in [0.2, 0.25) is 0 Å². The fourth-order valence-electron chi connectivity index (χ4n) is 4.11. The van der Waals surface area contributed by atoms with Gasteiger partial charge in [-0.15, -0.1) is 0 Å². The van der Waals surface area contributed by atoms with Crippen molar-refractivity contribution >= 4 is 16.1 Å². The molecular formula is C24H50BF4N2O3Si-. The number of nitrogens with zero attached hydrogens (tertiary/aromatic N) is 2. The van der Waals surface area contributed by atoms with Crippen molar-refractivity contribution in [3.8, 4) is 0 Å². The maximum absolute atomic E-state index is 9.75. The van der Waals surface area contributed by atoms with Gasteiger partial charge in [0.15, 0.2) is 0 Å². The molecule has 0 fully saturated rings. The first-order chi connectivity index (χ1) is 16.7. The highest BCUT2D eigenvalue weighted by molar-refractivity contribution is 6.60. The van der Waals surface area contributed by atoms with Crippen LogP contribution < -0.4 is 0 Å². The van der Waals surface area contributed by atoms with Crippen LogP contribution in [0.3, 0.4) is 0 Å². The van der Waals surface area contributed by atoms with Gasteiger partial charge in [-0.25, -0.2) is 0 Å². The van der Waals surface area contributed by atoms with Crippen molar-refractivity contribution in [1.82, 2.24) is 9.80 Å². The molecule has 1 heterocycles. The summed E-state index contributed by atoms with van der Waals surface area (Å²) >= 11 is 0. The second-order valence-electron chi connectivity index (χ2n) is 8.83. The van der Waals surface area contributed by atoms with Gasteiger partial charge in [0.25, 0.3) is 0 Å². The van der Waals surface area contributed by atoms with Crippen molar-refractivity contribution < 1.29 is 30.5 Å². The first kappa shape index (κ1) is 34.2. The minimum atomic E-state index is -6.00. The first-order valence-electron chi connectivity index (χ1n) is 13.6. The molecule has 0 spiro atoms. The number of hydrogen-bond acceptors (Lipinski definition) is 5. The Morgan fingerprint density at radius 3 is 1.40 bits per heavy atom. The second kappa shape index (κ2) is 21.3. The summed E-state index contributed by atoms with van der Waals surface area (Å²) in [6, 6.07) is 0.894. The Balaban J connectivity index is 0.00000209. The maximum atomic E-state index is 9.75. The highest BCUT2D eigenvalue weighted by Gasteiger charge is 2.39. The Morgan fingerprint density at radius 1 is 0.629 bits per heavy atom. The molecule has 0 saturated carbocycles. The molecule has 0 amide bonds. The lowest BCUT2D eigenvalue weighted by atomic mass is 10.1. The van der Waals surface area contributed by atoms with E-state index in [0.29, 0.717) is 19.8 Å². The molecule has 210 valence electrons. The van der Waals surface area contributed by atoms with Crippen LogP contribution in [0.2, 0.25) is 6.04 Å². The molecule has 35 heavy (non-hydrogen) atoms. The zero-order chi connectivity index (χ0) is 26.4. The minimum Gasteiger partial charge on any atom is -0.418 e. The monoisotopic (exact) mass is 529 g/mol. The standard InChI is InChI=1S/C24H50N2O3Si.BF4/c1-5-9-10-11-12-13-14-15-16-17-19-25-21-22-26(24-25)20-18-23-30(27-6-2,28-7-3)29-8-4;2-1(3,4)5/h21-22H,5-20,23-24H2,1-4H3;/q;-1. The van der Waals surface area contributed by atoms with Gasteiger partial charge < -0.3 is 40.3 Å². The van der Waals surface area contributed by atoms with Crippen LogP contribution in [0.1, 0.15) is 98.3 Å². The fourth-order valence-corrected chi connectivity index (χ4v) is 6.70. The van der Waals surface area contributed by atoms with E-state index in [1.54, 1.807) is 0 Å². The summed E-state index contributed by atoms with van der Waals surface area (Å²) in [5.74, 6) is 0. The third-order valence-corrected chi connectivity index (χ3v) is 8.82. The van der Waals surface area contributed by atoms with Gasteiger partial charge >= 0.3 is 16.1 Å². The molecule has 0 aromatic heterocycles. The van der Waals surface area contributed by atoms with Crippen molar-refractivity contribution in [3.63, 3.8) is 0 Å². The van der Waals surface area contributed by atoms with Gasteiger partial charge in [-0.2, -0.15) is 0 Å². The lowest BCUT2D eigenvalue weighted by Crippen LogP contribution is -2.46. The van der Waals surface area contributed by atoms with Crippen molar-refractivity contribution in [2.24, 2.45) is 0 Å². The molecule has 0 aliphatic carbocycles. The van der Waals surface area contributed by atoms with Crippen LogP contribution in [0, 0.1) is 0 Å². The molecule has 0 radical (unpaired) electrons. The topological polar surface area (TPSA) is 34.2 Å². The largest absolute Gasteiger partial charge is 0.673 e. The van der Waals surface area contributed by atoms with E-state index in [9.17, 15) is 17.3 Å². The van der Waals surface area contributed by atoms with Gasteiger partial charge in [0.05, 0.1) is 6.67 Å². The van der Waals surface area contributed by atoms with E-state index in [2.05, 4.69) is 29.1 Å². The Labute approximate surface area is 213 Å². The highest BCUT2D eigenvalue weighted by atomic mass is 28.4. The van der Waals surface area contributed by atoms with Crippen molar-refractivity contribution in [2.45, 2.75) is 104 Å². The fraction of sp³-hybridized carbons (Fsp3) is 0.917. The van der Waals surface area contributed by atoms with Crippen molar-refractivity contribution in [3.05, 3.63) is 12.4 Å². The van der Waals surface area contributed by atoms with E-state index in [1.165, 1.54) is 70.8 Å². The summed E-state index contributed by atoms with van der Waals surface area (Å²) in [4.78, 5) is 4.85. The van der Waals surface area contributed by atoms with Crippen LogP contribution in [-0.2, 0) is 13.3 Å². The van der Waals surface area contributed by atoms with E-state index < -0.39 is 16.1 Å². The number of rotatable bonds is 21. The summed E-state index contributed by atoms with van der Waals surface area (Å²) in [6.07, 6.45) is 19.5. The summed E-state index contributed by atoms with van der Waals surface area (Å²) in [6.45, 7) is 13.6. The predicted octanol–water partition coefficient (Wildman–Crippen LogP) is 7.69. The third kappa shape index (κ3) is 21.1. The number of unbranched alkanes of at least 4 members (excludes halogenated alkanes) is 9. The van der Waals surface area contributed by atoms with Crippen LogP contribution >= 0.6 is 0 Å². The Kier molecular flexibility index (Phi) is 20.8. The molecule has 0 aromatic rings. The van der Waals surface area contributed by atoms with Crippen LogP contribution in [0.4, 0.5) is 17.3 Å². The van der Waals surface area contributed by atoms with Crippen LogP contribution in [0.5, 0.6) is 0 Å². The summed E-state index contributed by atoms with van der Waals surface area (Å²) in [5, 5.41) is 0. The van der Waals surface area contributed by atoms with Crippen LogP contribution in [0.15, 0.2) is 12.4 Å². The summed E-state index contributed by atoms with van der Waals surface area (Å²) < 4.78 is 56.9. The lowest BCUT2D eigenvalue weighted by molar-refractivity contribution is 0.0701. The molecule has 0 unspecified atom stereocenters. The third-order valence-electron chi connectivity index (χ3n) is 5.67. The molecule has 11 heteroatoms. The van der Waals surface area contributed by atoms with E-state index in [4.69, 9.17) is 13.3 Å². The Bertz CT molecular complexity index is 497. The zero-order valence-electron chi connectivity index (χ0n) is 22.6. The van der Waals surface area contributed by atoms with Gasteiger partial charge in [0, 0.05) is 51.4 Å². The average Bonchev–Trinajstić information content (AvgIpc) is 3.22. The zero-order valence-corrected chi connectivity index (χ0v) is 23.6. The van der Waals surface area contributed by atoms with Crippen molar-refractivity contribution in [1.29, 1.82) is 0 Å². The normalized spacial score (nSPS) is 13.9. The van der Waals surface area contributed by atoms with E-state index in [1.807, 2.05) is 20.8 Å². The van der Waals surface area contributed by atoms with Gasteiger partial charge in [-0.3, -0.25) is 0 Å². The molecule has 0 saturated heterocycles. The number of halogens is 4. The second-order valence-corrected chi connectivity index (χ2v) is 11.6. The highest BCUT2D eigenvalue weighted by Crippen LogP contribution is 2.20. The summed E-state index contributed by atoms with van der Waals surface area (Å²) in [5.41, 5.74) is 0. The molecule has 0 bridgehead atoms. The average molecular weight is 530 g/mol. The SMILES string of the molecule is CCCCCCCCCCCCN1C=CN(CCC[Si](OCC)(OCC)OCC)C1.F[B-](F)(F)F. The van der Waals surface area contributed by atoms with Crippen molar-refractivity contribution in [2.75, 3.05) is 39.6 Å². The first-order valence-corrected chi connectivity index (χ1v) is 15.6. The minimum absolute atomic E-state index is 0.655. The van der Waals surface area contributed by atoms with Gasteiger partial charge in [0.1, 0.15) is 0 Å². The van der Waals surface area contributed by atoms with Gasteiger partial charge in [-0.1, -0.05) is 64.7 Å².